The molecule has 2 rings (SSSR count). The van der Waals surface area contributed by atoms with Gasteiger partial charge in [-0.1, -0.05) is 12.1 Å². The molecule has 96 valence electrons. The molecule has 1 atom stereocenters. The fourth-order valence-electron chi connectivity index (χ4n) is 2.02. The zero-order valence-electron chi connectivity index (χ0n) is 10.4. The summed E-state index contributed by atoms with van der Waals surface area (Å²) in [7, 11) is 0. The van der Waals surface area contributed by atoms with Crippen LogP contribution in [0.25, 0.3) is 0 Å². The van der Waals surface area contributed by atoms with Crippen LogP contribution in [-0.4, -0.2) is 52.2 Å². The van der Waals surface area contributed by atoms with Gasteiger partial charge in [-0.25, -0.2) is 0 Å². The van der Waals surface area contributed by atoms with Crippen molar-refractivity contribution < 1.29 is 4.74 Å². The standard InChI is InChI=1S/C11H21N5O/c1-2-11-9-15(5-6-17-11)3-4-16-8-10(7-12)13-14-16/h8,11H,2-7,9,12H2,1H3. The molecule has 0 saturated carbocycles. The van der Waals surface area contributed by atoms with E-state index in [9.17, 15) is 0 Å². The van der Waals surface area contributed by atoms with Crippen molar-refractivity contribution >= 4 is 0 Å². The summed E-state index contributed by atoms with van der Waals surface area (Å²) in [5.74, 6) is 0. The number of aromatic nitrogens is 3. The minimum Gasteiger partial charge on any atom is -0.376 e. The molecule has 1 aliphatic heterocycles. The van der Waals surface area contributed by atoms with Crippen molar-refractivity contribution in [1.29, 1.82) is 0 Å². The molecule has 1 aliphatic rings. The number of nitrogens with zero attached hydrogens (tertiary/aromatic N) is 4. The lowest BCUT2D eigenvalue weighted by molar-refractivity contribution is -0.0307. The Morgan fingerprint density at radius 2 is 2.41 bits per heavy atom. The summed E-state index contributed by atoms with van der Waals surface area (Å²) in [5.41, 5.74) is 6.34. The first kappa shape index (κ1) is 12.5. The van der Waals surface area contributed by atoms with E-state index >= 15 is 0 Å². The van der Waals surface area contributed by atoms with Crippen LogP contribution in [0, 0.1) is 0 Å². The minimum absolute atomic E-state index is 0.388. The normalized spacial score (nSPS) is 21.9. The van der Waals surface area contributed by atoms with Crippen LogP contribution in [0.15, 0.2) is 6.20 Å². The predicted molar refractivity (Wildman–Crippen MR) is 64.4 cm³/mol. The van der Waals surface area contributed by atoms with Crippen LogP contribution in [0.3, 0.4) is 0 Å². The van der Waals surface area contributed by atoms with E-state index in [-0.39, 0.29) is 0 Å². The minimum atomic E-state index is 0.388. The molecule has 1 aromatic rings. The Labute approximate surface area is 102 Å². The highest BCUT2D eigenvalue weighted by molar-refractivity contribution is 4.90. The van der Waals surface area contributed by atoms with Crippen LogP contribution >= 0.6 is 0 Å². The smallest absolute Gasteiger partial charge is 0.0962 e. The van der Waals surface area contributed by atoms with E-state index in [0.717, 1.165) is 44.9 Å². The Bertz CT molecular complexity index is 340. The van der Waals surface area contributed by atoms with Gasteiger partial charge in [0.1, 0.15) is 0 Å². The first-order valence-corrected chi connectivity index (χ1v) is 6.25. The summed E-state index contributed by atoms with van der Waals surface area (Å²) in [6.45, 7) is 7.35. The maximum absolute atomic E-state index is 5.64. The van der Waals surface area contributed by atoms with E-state index in [1.54, 1.807) is 0 Å². The number of ether oxygens (including phenoxy) is 1. The van der Waals surface area contributed by atoms with Crippen LogP contribution in [0.1, 0.15) is 19.0 Å². The number of hydrogen-bond acceptors (Lipinski definition) is 5. The monoisotopic (exact) mass is 239 g/mol. The lowest BCUT2D eigenvalue weighted by atomic mass is 10.2. The van der Waals surface area contributed by atoms with E-state index in [0.29, 0.717) is 12.6 Å². The molecule has 0 bridgehead atoms. The summed E-state index contributed by atoms with van der Waals surface area (Å²) in [4.78, 5) is 2.42. The molecule has 1 saturated heterocycles. The average Bonchev–Trinajstić information content (AvgIpc) is 2.84. The zero-order valence-corrected chi connectivity index (χ0v) is 10.4. The van der Waals surface area contributed by atoms with Gasteiger partial charge in [-0.2, -0.15) is 0 Å². The number of rotatable bonds is 5. The van der Waals surface area contributed by atoms with Crippen molar-refractivity contribution in [2.75, 3.05) is 26.2 Å². The molecule has 0 amide bonds. The molecular formula is C11H21N5O. The van der Waals surface area contributed by atoms with Gasteiger partial charge in [-0.05, 0) is 6.42 Å². The molecule has 6 nitrogen and oxygen atoms in total. The molecule has 1 aromatic heterocycles. The fraction of sp³-hybridized carbons (Fsp3) is 0.818. The summed E-state index contributed by atoms with van der Waals surface area (Å²) < 4.78 is 7.50. The summed E-state index contributed by atoms with van der Waals surface area (Å²) in [6.07, 6.45) is 3.38. The summed E-state index contributed by atoms with van der Waals surface area (Å²) >= 11 is 0. The Hall–Kier alpha value is -0.980. The quantitative estimate of drug-likeness (QED) is 0.773. The molecule has 1 unspecified atom stereocenters. The zero-order chi connectivity index (χ0) is 12.1. The first-order chi connectivity index (χ1) is 8.31. The number of hydrogen-bond donors (Lipinski definition) is 1. The second-order valence-electron chi connectivity index (χ2n) is 4.38. The van der Waals surface area contributed by atoms with Crippen molar-refractivity contribution in [3.63, 3.8) is 0 Å². The molecule has 0 aromatic carbocycles. The van der Waals surface area contributed by atoms with Crippen LogP contribution < -0.4 is 5.73 Å². The molecule has 0 spiro atoms. The van der Waals surface area contributed by atoms with Gasteiger partial charge in [-0.15, -0.1) is 5.10 Å². The van der Waals surface area contributed by atoms with Crippen molar-refractivity contribution in [1.82, 2.24) is 19.9 Å². The van der Waals surface area contributed by atoms with Crippen molar-refractivity contribution in [2.24, 2.45) is 5.73 Å². The van der Waals surface area contributed by atoms with Crippen molar-refractivity contribution in [3.05, 3.63) is 11.9 Å². The third-order valence-corrected chi connectivity index (χ3v) is 3.12. The highest BCUT2D eigenvalue weighted by atomic mass is 16.5. The Balaban J connectivity index is 1.77. The Morgan fingerprint density at radius 3 is 3.12 bits per heavy atom. The second kappa shape index (κ2) is 6.09. The SMILES string of the molecule is CCC1CN(CCn2cc(CN)nn2)CCO1. The molecular weight excluding hydrogens is 218 g/mol. The highest BCUT2D eigenvalue weighted by Gasteiger charge is 2.18. The van der Waals surface area contributed by atoms with E-state index < -0.39 is 0 Å². The first-order valence-electron chi connectivity index (χ1n) is 6.25. The van der Waals surface area contributed by atoms with Crippen molar-refractivity contribution in [2.45, 2.75) is 32.5 Å². The lowest BCUT2D eigenvalue weighted by Crippen LogP contribution is -2.43. The van der Waals surface area contributed by atoms with E-state index in [1.165, 1.54) is 0 Å². The molecule has 0 aliphatic carbocycles. The molecule has 0 radical (unpaired) electrons. The topological polar surface area (TPSA) is 69.2 Å². The number of nitrogens with two attached hydrogens (primary N) is 1. The predicted octanol–water partition coefficient (Wildman–Crippen LogP) is -0.152. The van der Waals surface area contributed by atoms with E-state index in [4.69, 9.17) is 10.5 Å². The average molecular weight is 239 g/mol. The van der Waals surface area contributed by atoms with Crippen LogP contribution in [-0.2, 0) is 17.8 Å². The van der Waals surface area contributed by atoms with Gasteiger partial charge >= 0.3 is 0 Å². The summed E-state index contributed by atoms with van der Waals surface area (Å²) in [5, 5.41) is 8.01. The number of morpholine rings is 1. The van der Waals surface area contributed by atoms with Gasteiger partial charge in [0, 0.05) is 32.4 Å². The van der Waals surface area contributed by atoms with Gasteiger partial charge < -0.3 is 10.5 Å². The maximum atomic E-state index is 5.64. The third kappa shape index (κ3) is 3.49. The molecule has 6 heteroatoms. The molecule has 1 fully saturated rings. The van der Waals surface area contributed by atoms with Crippen LogP contribution in [0.5, 0.6) is 0 Å². The van der Waals surface area contributed by atoms with Gasteiger partial charge in [-0.3, -0.25) is 9.58 Å². The largest absolute Gasteiger partial charge is 0.376 e. The molecule has 17 heavy (non-hydrogen) atoms. The lowest BCUT2D eigenvalue weighted by Gasteiger charge is -2.32. The maximum Gasteiger partial charge on any atom is 0.0962 e. The van der Waals surface area contributed by atoms with Gasteiger partial charge in [0.2, 0.25) is 0 Å². The van der Waals surface area contributed by atoms with Crippen LogP contribution in [0.4, 0.5) is 0 Å². The summed E-state index contributed by atoms with van der Waals surface area (Å²) in [6, 6.07) is 0. The third-order valence-electron chi connectivity index (χ3n) is 3.12. The molecule has 2 heterocycles. The van der Waals surface area contributed by atoms with Gasteiger partial charge in [0.15, 0.2) is 0 Å². The highest BCUT2D eigenvalue weighted by Crippen LogP contribution is 2.07. The van der Waals surface area contributed by atoms with E-state index in [1.807, 2.05) is 10.9 Å². The van der Waals surface area contributed by atoms with E-state index in [2.05, 4.69) is 22.1 Å². The molecule has 2 N–H and O–H groups in total. The van der Waals surface area contributed by atoms with Gasteiger partial charge in [0.25, 0.3) is 0 Å². The van der Waals surface area contributed by atoms with Crippen molar-refractivity contribution in [3.8, 4) is 0 Å². The van der Waals surface area contributed by atoms with Crippen LogP contribution in [0.2, 0.25) is 0 Å². The fourth-order valence-corrected chi connectivity index (χ4v) is 2.02. The van der Waals surface area contributed by atoms with Gasteiger partial charge in [0.05, 0.1) is 24.9 Å². The Kier molecular flexibility index (Phi) is 4.47. The Morgan fingerprint density at radius 1 is 1.53 bits per heavy atom. The second-order valence-corrected chi connectivity index (χ2v) is 4.38.